The smallest absolute Gasteiger partial charge is 0.347 e. The zero-order valence-corrected chi connectivity index (χ0v) is 13.0. The molecule has 9 heteroatoms. The minimum absolute atomic E-state index is 0.174. The average Bonchev–Trinajstić information content (AvgIpc) is 2.39. The van der Waals surface area contributed by atoms with E-state index in [1.54, 1.807) is 27.7 Å². The van der Waals surface area contributed by atoms with E-state index < -0.39 is 42.3 Å². The molecule has 0 heterocycles. The Morgan fingerprint density at radius 3 is 2.36 bits per heavy atom. The third kappa shape index (κ3) is 9.30. The van der Waals surface area contributed by atoms with E-state index in [0.717, 1.165) is 0 Å². The van der Waals surface area contributed by atoms with Gasteiger partial charge in [0.15, 0.2) is 0 Å². The van der Waals surface area contributed by atoms with Crippen molar-refractivity contribution in [3.8, 4) is 6.07 Å². The number of nitrogens with one attached hydrogen (secondary N) is 1. The van der Waals surface area contributed by atoms with Crippen molar-refractivity contribution in [1.29, 1.82) is 5.26 Å². The second-order valence-electron chi connectivity index (χ2n) is 4.90. The highest BCUT2D eigenvalue weighted by Gasteiger charge is 2.17. The Kier molecular flexibility index (Phi) is 8.22. The van der Waals surface area contributed by atoms with Crippen LogP contribution in [0, 0.1) is 11.3 Å². The predicted octanol–water partition coefficient (Wildman–Crippen LogP) is -0.0964. The maximum absolute atomic E-state index is 11.5. The lowest BCUT2D eigenvalue weighted by Gasteiger charge is -2.18. The molecule has 0 aromatic carbocycles. The summed E-state index contributed by atoms with van der Waals surface area (Å²) in [5.41, 5.74) is -1.31. The number of amides is 1. The number of nitriles is 1. The van der Waals surface area contributed by atoms with Crippen molar-refractivity contribution >= 4 is 23.6 Å². The van der Waals surface area contributed by atoms with E-state index in [9.17, 15) is 14.4 Å². The molecule has 0 atom stereocenters. The number of oxime groups is 1. The number of ether oxygens (including phenoxy) is 2. The first kappa shape index (κ1) is 19.4. The van der Waals surface area contributed by atoms with Crippen LogP contribution in [0.1, 0.15) is 27.7 Å². The molecule has 0 rings (SSSR count). The highest BCUT2D eigenvalue weighted by atomic mass is 16.7. The number of nitrogens with zero attached hydrogens (tertiary/aromatic N) is 2. The standard InChI is InChI=1S/C13H19N3O6/c1-5-20-10(17)7-15-12(19)9(6-14)16-21-8-11(18)22-13(2,3)4/h5,7-8H2,1-4H3,(H,15,19). The van der Waals surface area contributed by atoms with Crippen LogP contribution in [0.25, 0.3) is 0 Å². The summed E-state index contributed by atoms with van der Waals surface area (Å²) in [6, 6.07) is 1.49. The zero-order valence-electron chi connectivity index (χ0n) is 13.0. The fraction of sp³-hybridized carbons (Fsp3) is 0.615. The van der Waals surface area contributed by atoms with Crippen molar-refractivity contribution in [2.75, 3.05) is 19.8 Å². The molecule has 0 aromatic heterocycles. The minimum Gasteiger partial charge on any atom is -0.465 e. The molecule has 0 aliphatic heterocycles. The van der Waals surface area contributed by atoms with Gasteiger partial charge in [-0.05, 0) is 27.7 Å². The van der Waals surface area contributed by atoms with Crippen molar-refractivity contribution in [3.05, 3.63) is 0 Å². The van der Waals surface area contributed by atoms with Gasteiger partial charge in [-0.25, -0.2) is 4.79 Å². The zero-order chi connectivity index (χ0) is 17.2. The largest absolute Gasteiger partial charge is 0.465 e. The molecule has 0 unspecified atom stereocenters. The number of hydrogen-bond acceptors (Lipinski definition) is 8. The van der Waals surface area contributed by atoms with E-state index in [0.29, 0.717) is 0 Å². The fourth-order valence-corrected chi connectivity index (χ4v) is 1.08. The van der Waals surface area contributed by atoms with E-state index in [4.69, 9.17) is 10.00 Å². The maximum Gasteiger partial charge on any atom is 0.347 e. The Morgan fingerprint density at radius 1 is 1.23 bits per heavy atom. The van der Waals surface area contributed by atoms with Gasteiger partial charge in [-0.3, -0.25) is 9.59 Å². The van der Waals surface area contributed by atoms with Crippen LogP contribution in [0.2, 0.25) is 0 Å². The van der Waals surface area contributed by atoms with Gasteiger partial charge >= 0.3 is 11.9 Å². The molecular formula is C13H19N3O6. The molecule has 22 heavy (non-hydrogen) atoms. The maximum atomic E-state index is 11.5. The topological polar surface area (TPSA) is 127 Å². The van der Waals surface area contributed by atoms with Crippen LogP contribution in [0.15, 0.2) is 5.16 Å². The van der Waals surface area contributed by atoms with Gasteiger partial charge in [-0.15, -0.1) is 0 Å². The summed E-state index contributed by atoms with van der Waals surface area (Å²) in [7, 11) is 0. The van der Waals surface area contributed by atoms with Crippen molar-refractivity contribution in [3.63, 3.8) is 0 Å². The molecule has 0 aromatic rings. The Balaban J connectivity index is 4.34. The fourth-order valence-electron chi connectivity index (χ4n) is 1.08. The highest BCUT2D eigenvalue weighted by molar-refractivity contribution is 6.45. The SMILES string of the molecule is CCOC(=O)CNC(=O)C(C#N)=NOCC(=O)OC(C)(C)C. The molecule has 0 aliphatic rings. The van der Waals surface area contributed by atoms with Crippen LogP contribution in [-0.4, -0.2) is 48.9 Å². The molecule has 0 aliphatic carbocycles. The third-order valence-corrected chi connectivity index (χ3v) is 1.78. The molecule has 1 amide bonds. The van der Waals surface area contributed by atoms with Crippen molar-refractivity contribution < 1.29 is 28.7 Å². The van der Waals surface area contributed by atoms with E-state index in [-0.39, 0.29) is 6.61 Å². The molecule has 0 fully saturated rings. The molecule has 0 radical (unpaired) electrons. The predicted molar refractivity (Wildman–Crippen MR) is 74.5 cm³/mol. The lowest BCUT2D eigenvalue weighted by molar-refractivity contribution is -0.160. The summed E-state index contributed by atoms with van der Waals surface area (Å²) in [5, 5.41) is 14.1. The van der Waals surface area contributed by atoms with Gasteiger partial charge in [0.2, 0.25) is 12.3 Å². The summed E-state index contributed by atoms with van der Waals surface area (Å²) >= 11 is 0. The normalized spacial score (nSPS) is 11.1. The third-order valence-electron chi connectivity index (χ3n) is 1.78. The number of hydrogen-bond donors (Lipinski definition) is 1. The van der Waals surface area contributed by atoms with E-state index in [1.807, 2.05) is 0 Å². The molecule has 1 N–H and O–H groups in total. The minimum atomic E-state index is -0.917. The van der Waals surface area contributed by atoms with Crippen LogP contribution in [0.3, 0.4) is 0 Å². The average molecular weight is 313 g/mol. The van der Waals surface area contributed by atoms with Crippen LogP contribution < -0.4 is 5.32 Å². The monoisotopic (exact) mass is 313 g/mol. The van der Waals surface area contributed by atoms with Crippen LogP contribution in [0.4, 0.5) is 0 Å². The van der Waals surface area contributed by atoms with E-state index >= 15 is 0 Å². The van der Waals surface area contributed by atoms with Crippen LogP contribution in [-0.2, 0) is 28.7 Å². The second kappa shape index (κ2) is 9.33. The van der Waals surface area contributed by atoms with E-state index in [1.165, 1.54) is 6.07 Å². The lowest BCUT2D eigenvalue weighted by Crippen LogP contribution is -2.35. The first-order valence-corrected chi connectivity index (χ1v) is 6.45. The molecule has 0 saturated carbocycles. The molecule has 0 bridgehead atoms. The van der Waals surface area contributed by atoms with Crippen LogP contribution >= 0.6 is 0 Å². The summed E-state index contributed by atoms with van der Waals surface area (Å²) < 4.78 is 9.54. The van der Waals surface area contributed by atoms with Crippen molar-refractivity contribution in [2.45, 2.75) is 33.3 Å². The Bertz CT molecular complexity index is 487. The second-order valence-corrected chi connectivity index (χ2v) is 4.90. The number of carbonyl (C=O) groups excluding carboxylic acids is 3. The number of rotatable bonds is 7. The van der Waals surface area contributed by atoms with Crippen molar-refractivity contribution in [1.82, 2.24) is 5.32 Å². The van der Waals surface area contributed by atoms with Crippen LogP contribution in [0.5, 0.6) is 0 Å². The molecule has 122 valence electrons. The first-order valence-electron chi connectivity index (χ1n) is 6.45. The summed E-state index contributed by atoms with van der Waals surface area (Å²) in [4.78, 5) is 38.5. The van der Waals surface area contributed by atoms with Gasteiger partial charge in [-0.1, -0.05) is 5.16 Å². The number of carbonyl (C=O) groups is 3. The van der Waals surface area contributed by atoms with Gasteiger partial charge < -0.3 is 19.6 Å². The van der Waals surface area contributed by atoms with Gasteiger partial charge in [-0.2, -0.15) is 5.26 Å². The lowest BCUT2D eigenvalue weighted by atomic mass is 10.2. The van der Waals surface area contributed by atoms with Gasteiger partial charge in [0.05, 0.1) is 6.61 Å². The number of esters is 2. The van der Waals surface area contributed by atoms with Gasteiger partial charge in [0, 0.05) is 0 Å². The molecule has 9 nitrogen and oxygen atoms in total. The Labute approximate surface area is 128 Å². The van der Waals surface area contributed by atoms with Gasteiger partial charge in [0.25, 0.3) is 5.91 Å². The summed E-state index contributed by atoms with van der Waals surface area (Å²) in [6.07, 6.45) is 0. The Hall–Kier alpha value is -2.63. The quantitative estimate of drug-likeness (QED) is 0.395. The van der Waals surface area contributed by atoms with Gasteiger partial charge in [0.1, 0.15) is 18.2 Å². The summed E-state index contributed by atoms with van der Waals surface area (Å²) in [5.74, 6) is -2.26. The first-order chi connectivity index (χ1) is 10.2. The highest BCUT2D eigenvalue weighted by Crippen LogP contribution is 2.06. The molecule has 0 spiro atoms. The van der Waals surface area contributed by atoms with E-state index in [2.05, 4.69) is 20.0 Å². The summed E-state index contributed by atoms with van der Waals surface area (Å²) in [6.45, 7) is 5.87. The van der Waals surface area contributed by atoms with Crippen molar-refractivity contribution in [2.24, 2.45) is 5.16 Å². The Morgan fingerprint density at radius 2 is 1.86 bits per heavy atom. The molecule has 0 saturated heterocycles. The molecular weight excluding hydrogens is 294 g/mol.